The standard InChI is InChI=1S/C27H34N4O2/c1-17-5-6-20(16-28-17)19-7-9-31(10-8-19)24-4-2-3-23(29-24)26(32)30-25-21-11-18-12-22(25)15-27(33,13-18)14-21/h2-6,16,18-19,21-22,25,33H,7-15H2,1H3,(H,30,32). The maximum absolute atomic E-state index is 13.2. The van der Waals surface area contributed by atoms with Gasteiger partial charge in [0.15, 0.2) is 0 Å². The normalized spacial score (nSPS) is 33.3. The van der Waals surface area contributed by atoms with E-state index in [0.29, 0.717) is 29.4 Å². The summed E-state index contributed by atoms with van der Waals surface area (Å²) in [5.41, 5.74) is 2.41. The van der Waals surface area contributed by atoms with Crippen LogP contribution in [0.25, 0.3) is 0 Å². The summed E-state index contributed by atoms with van der Waals surface area (Å²) in [4.78, 5) is 24.7. The quantitative estimate of drug-likeness (QED) is 0.746. The third kappa shape index (κ3) is 4.03. The molecule has 2 aromatic heterocycles. The minimum absolute atomic E-state index is 0.0677. The molecule has 0 spiro atoms. The van der Waals surface area contributed by atoms with E-state index >= 15 is 0 Å². The van der Waals surface area contributed by atoms with E-state index in [9.17, 15) is 9.90 Å². The Morgan fingerprint density at radius 1 is 1.09 bits per heavy atom. The van der Waals surface area contributed by atoms with Crippen molar-refractivity contribution in [2.24, 2.45) is 17.8 Å². The van der Waals surface area contributed by atoms with Crippen molar-refractivity contribution in [3.05, 3.63) is 53.5 Å². The van der Waals surface area contributed by atoms with Gasteiger partial charge in [-0.3, -0.25) is 9.78 Å². The topological polar surface area (TPSA) is 78.4 Å². The maximum atomic E-state index is 13.2. The number of pyridine rings is 2. The first kappa shape index (κ1) is 21.1. The molecule has 2 unspecified atom stereocenters. The van der Waals surface area contributed by atoms with Crippen molar-refractivity contribution in [1.29, 1.82) is 0 Å². The van der Waals surface area contributed by atoms with Gasteiger partial charge in [0.05, 0.1) is 5.60 Å². The Labute approximate surface area is 195 Å². The number of aryl methyl sites for hydroxylation is 1. The highest BCUT2D eigenvalue weighted by molar-refractivity contribution is 5.93. The Bertz CT molecular complexity index is 1010. The van der Waals surface area contributed by atoms with Gasteiger partial charge in [-0.1, -0.05) is 12.1 Å². The third-order valence-corrected chi connectivity index (χ3v) is 8.73. The van der Waals surface area contributed by atoms with E-state index in [0.717, 1.165) is 69.5 Å². The number of piperidine rings is 1. The molecular weight excluding hydrogens is 412 g/mol. The van der Waals surface area contributed by atoms with Gasteiger partial charge >= 0.3 is 0 Å². The van der Waals surface area contributed by atoms with Crippen LogP contribution in [0.15, 0.2) is 36.5 Å². The Morgan fingerprint density at radius 3 is 2.52 bits per heavy atom. The van der Waals surface area contributed by atoms with Gasteiger partial charge in [-0.05, 0) is 99.3 Å². The van der Waals surface area contributed by atoms with Crippen LogP contribution in [0.3, 0.4) is 0 Å². The molecule has 33 heavy (non-hydrogen) atoms. The summed E-state index contributed by atoms with van der Waals surface area (Å²) in [5, 5.41) is 14.1. The van der Waals surface area contributed by atoms with Crippen LogP contribution in [0.2, 0.25) is 0 Å². The van der Waals surface area contributed by atoms with Crippen molar-refractivity contribution >= 4 is 11.7 Å². The Morgan fingerprint density at radius 2 is 1.85 bits per heavy atom. The van der Waals surface area contributed by atoms with E-state index in [1.54, 1.807) is 0 Å². The van der Waals surface area contributed by atoms with Crippen LogP contribution in [0.4, 0.5) is 5.82 Å². The Hall–Kier alpha value is -2.47. The van der Waals surface area contributed by atoms with E-state index in [2.05, 4.69) is 27.3 Å². The fourth-order valence-electron chi connectivity index (χ4n) is 7.33. The minimum atomic E-state index is -0.476. The van der Waals surface area contributed by atoms with E-state index in [1.165, 1.54) is 5.56 Å². The fraction of sp³-hybridized carbons (Fsp3) is 0.593. The number of carbonyl (C=O) groups excluding carboxylic acids is 1. The van der Waals surface area contributed by atoms with Gasteiger partial charge in [0.2, 0.25) is 0 Å². The van der Waals surface area contributed by atoms with E-state index in [4.69, 9.17) is 4.98 Å². The SMILES string of the molecule is Cc1ccc(C2CCN(c3cccc(C(=O)NC4C5CC6CC4CC(O)(C6)C5)n3)CC2)cn1. The van der Waals surface area contributed by atoms with Gasteiger partial charge in [-0.15, -0.1) is 0 Å². The summed E-state index contributed by atoms with van der Waals surface area (Å²) in [5.74, 6) is 2.81. The van der Waals surface area contributed by atoms with Gasteiger partial charge in [-0.25, -0.2) is 4.98 Å². The fourth-order valence-corrected chi connectivity index (χ4v) is 7.33. The van der Waals surface area contributed by atoms with Crippen molar-refractivity contribution in [3.63, 3.8) is 0 Å². The van der Waals surface area contributed by atoms with Gasteiger partial charge in [0, 0.05) is 31.0 Å². The zero-order chi connectivity index (χ0) is 22.6. The summed E-state index contributed by atoms with van der Waals surface area (Å²) in [6, 6.07) is 10.3. The molecule has 5 fully saturated rings. The van der Waals surface area contributed by atoms with Crippen molar-refractivity contribution in [2.45, 2.75) is 69.4 Å². The zero-order valence-corrected chi connectivity index (χ0v) is 19.4. The van der Waals surface area contributed by atoms with E-state index in [1.807, 2.05) is 31.3 Å². The Balaban J connectivity index is 1.10. The number of aromatic nitrogens is 2. The molecule has 4 saturated carbocycles. The number of anilines is 1. The average Bonchev–Trinajstić information content (AvgIpc) is 2.81. The number of amides is 1. The minimum Gasteiger partial charge on any atom is -0.390 e. The van der Waals surface area contributed by atoms with E-state index in [-0.39, 0.29) is 11.9 Å². The lowest BCUT2D eigenvalue weighted by molar-refractivity contribution is -0.136. The van der Waals surface area contributed by atoms with Crippen LogP contribution in [0.1, 0.15) is 72.6 Å². The Kier molecular flexibility index (Phi) is 5.17. The summed E-state index contributed by atoms with van der Waals surface area (Å²) < 4.78 is 0. The van der Waals surface area contributed by atoms with E-state index < -0.39 is 5.60 Å². The molecule has 1 saturated heterocycles. The number of nitrogens with one attached hydrogen (secondary N) is 1. The van der Waals surface area contributed by atoms with Gasteiger partial charge in [0.25, 0.3) is 5.91 Å². The van der Waals surface area contributed by atoms with Crippen LogP contribution in [0.5, 0.6) is 0 Å². The lowest BCUT2D eigenvalue weighted by atomic mass is 9.52. The first-order valence-corrected chi connectivity index (χ1v) is 12.6. The number of rotatable bonds is 4. The molecule has 2 atom stereocenters. The molecule has 0 aromatic carbocycles. The number of aliphatic hydroxyl groups is 1. The molecule has 6 heteroatoms. The largest absolute Gasteiger partial charge is 0.390 e. The molecule has 4 bridgehead atoms. The molecule has 5 aliphatic rings. The van der Waals surface area contributed by atoms with Gasteiger partial charge < -0.3 is 15.3 Å². The van der Waals surface area contributed by atoms with Crippen molar-refractivity contribution < 1.29 is 9.90 Å². The van der Waals surface area contributed by atoms with Gasteiger partial charge in [0.1, 0.15) is 11.5 Å². The summed E-state index contributed by atoms with van der Waals surface area (Å²) in [6.07, 6.45) is 9.07. The first-order chi connectivity index (χ1) is 16.0. The third-order valence-electron chi connectivity index (χ3n) is 8.73. The average molecular weight is 447 g/mol. The molecule has 1 amide bonds. The molecule has 2 N–H and O–H groups in total. The van der Waals surface area contributed by atoms with Crippen LogP contribution >= 0.6 is 0 Å². The lowest BCUT2D eigenvalue weighted by Gasteiger charge is -2.58. The smallest absolute Gasteiger partial charge is 0.270 e. The predicted octanol–water partition coefficient (Wildman–Crippen LogP) is 3.84. The second-order valence-electron chi connectivity index (χ2n) is 11.1. The van der Waals surface area contributed by atoms with Crippen LogP contribution < -0.4 is 10.2 Å². The van der Waals surface area contributed by atoms with Crippen molar-refractivity contribution in [3.8, 4) is 0 Å². The second-order valence-corrected chi connectivity index (χ2v) is 11.1. The zero-order valence-electron chi connectivity index (χ0n) is 19.4. The summed E-state index contributed by atoms with van der Waals surface area (Å²) in [6.45, 7) is 3.89. The summed E-state index contributed by atoms with van der Waals surface area (Å²) >= 11 is 0. The predicted molar refractivity (Wildman–Crippen MR) is 127 cm³/mol. The molecule has 0 radical (unpaired) electrons. The molecule has 1 aliphatic heterocycles. The number of nitrogens with zero attached hydrogens (tertiary/aromatic N) is 3. The van der Waals surface area contributed by atoms with Crippen molar-refractivity contribution in [1.82, 2.24) is 15.3 Å². The van der Waals surface area contributed by atoms with Crippen LogP contribution in [-0.4, -0.2) is 45.7 Å². The van der Waals surface area contributed by atoms with Crippen LogP contribution in [0, 0.1) is 24.7 Å². The molecule has 6 nitrogen and oxygen atoms in total. The number of hydrogen-bond acceptors (Lipinski definition) is 5. The van der Waals surface area contributed by atoms with Crippen molar-refractivity contribution in [2.75, 3.05) is 18.0 Å². The molecule has 174 valence electrons. The number of carbonyl (C=O) groups is 1. The molecular formula is C27H34N4O2. The molecule has 3 heterocycles. The van der Waals surface area contributed by atoms with Gasteiger partial charge in [-0.2, -0.15) is 0 Å². The highest BCUT2D eigenvalue weighted by atomic mass is 16.3. The molecule has 2 aromatic rings. The highest BCUT2D eigenvalue weighted by Crippen LogP contribution is 2.55. The van der Waals surface area contributed by atoms with Crippen LogP contribution in [-0.2, 0) is 0 Å². The molecule has 4 aliphatic carbocycles. The highest BCUT2D eigenvalue weighted by Gasteiger charge is 2.55. The maximum Gasteiger partial charge on any atom is 0.270 e. The molecule has 7 rings (SSSR count). The first-order valence-electron chi connectivity index (χ1n) is 12.6. The second kappa shape index (κ2) is 8.08. The summed E-state index contributed by atoms with van der Waals surface area (Å²) in [7, 11) is 0. The monoisotopic (exact) mass is 446 g/mol. The lowest BCUT2D eigenvalue weighted by Crippen LogP contribution is -2.61. The number of hydrogen-bond donors (Lipinski definition) is 2.